The molecule has 12 heteroatoms. The van der Waals surface area contributed by atoms with Crippen LogP contribution in [0.2, 0.25) is 10.0 Å². The standard InChI is InChI=1S/C17H27ClN2O2S.C13H19ClN2O2S/c1-10(21)12-7-11(8-13(18)14(12)22)19-15(23)20-17(5,6)9-16(2,3)4;1-7(17)9-5-8(6-10(14)11(9)18)15-12(19)16-13(2,3)4/h7-8,10,21-22H,9H2,1-6H3,(H2,19,20,23);5-7,17-18H,1-4H3,(H2,15,16,19). The Labute approximate surface area is 271 Å². The summed E-state index contributed by atoms with van der Waals surface area (Å²) in [6, 6.07) is 6.38. The number of phenols is 2. The summed E-state index contributed by atoms with van der Waals surface area (Å²) in [6.07, 6.45) is -0.701. The Hall–Kier alpha value is -2.08. The molecule has 0 saturated heterocycles. The molecule has 0 radical (unpaired) electrons. The quantitative estimate of drug-likeness (QED) is 0.115. The fraction of sp³-hybridized carbons (Fsp3) is 0.533. The van der Waals surface area contributed by atoms with Crippen LogP contribution in [0.3, 0.4) is 0 Å². The van der Waals surface area contributed by atoms with Crippen molar-refractivity contribution in [3.8, 4) is 11.5 Å². The van der Waals surface area contributed by atoms with Crippen LogP contribution < -0.4 is 21.3 Å². The minimum Gasteiger partial charge on any atom is -0.506 e. The van der Waals surface area contributed by atoms with E-state index in [1.807, 2.05) is 20.8 Å². The second kappa shape index (κ2) is 15.1. The fourth-order valence-corrected chi connectivity index (χ4v) is 5.64. The Morgan fingerprint density at radius 3 is 1.38 bits per heavy atom. The van der Waals surface area contributed by atoms with Gasteiger partial charge in [0.25, 0.3) is 0 Å². The number of hydrogen-bond donors (Lipinski definition) is 8. The molecule has 42 heavy (non-hydrogen) atoms. The lowest BCUT2D eigenvalue weighted by molar-refractivity contribution is 0.194. The van der Waals surface area contributed by atoms with Crippen molar-refractivity contribution < 1.29 is 20.4 Å². The molecule has 0 heterocycles. The highest BCUT2D eigenvalue weighted by Crippen LogP contribution is 2.36. The highest BCUT2D eigenvalue weighted by molar-refractivity contribution is 7.80. The van der Waals surface area contributed by atoms with E-state index in [0.717, 1.165) is 6.42 Å². The largest absolute Gasteiger partial charge is 0.506 e. The first-order valence-electron chi connectivity index (χ1n) is 13.5. The maximum atomic E-state index is 9.87. The molecule has 2 atom stereocenters. The molecule has 0 aliphatic heterocycles. The predicted octanol–water partition coefficient (Wildman–Crippen LogP) is 7.78. The number of rotatable bonds is 6. The van der Waals surface area contributed by atoms with Gasteiger partial charge in [-0.3, -0.25) is 0 Å². The summed E-state index contributed by atoms with van der Waals surface area (Å²) in [5.74, 6) is -0.226. The molecule has 2 rings (SSSR count). The summed E-state index contributed by atoms with van der Waals surface area (Å²) in [7, 11) is 0. The maximum absolute atomic E-state index is 9.87. The van der Waals surface area contributed by atoms with Gasteiger partial charge in [0.15, 0.2) is 10.2 Å². The van der Waals surface area contributed by atoms with Gasteiger partial charge in [0.1, 0.15) is 11.5 Å². The molecule has 0 aromatic heterocycles. The lowest BCUT2D eigenvalue weighted by Crippen LogP contribution is -2.47. The predicted molar refractivity (Wildman–Crippen MR) is 184 cm³/mol. The average molecular weight is 662 g/mol. The first kappa shape index (κ1) is 37.9. The molecule has 0 spiro atoms. The number of thiocarbonyl (C=S) groups is 2. The van der Waals surface area contributed by atoms with Gasteiger partial charge in [0.2, 0.25) is 0 Å². The maximum Gasteiger partial charge on any atom is 0.171 e. The van der Waals surface area contributed by atoms with Crippen molar-refractivity contribution >= 4 is 69.2 Å². The van der Waals surface area contributed by atoms with Crippen molar-refractivity contribution in [1.29, 1.82) is 0 Å². The Morgan fingerprint density at radius 2 is 1.07 bits per heavy atom. The molecular weight excluding hydrogens is 615 g/mol. The Bertz CT molecular complexity index is 1260. The third-order valence-electron chi connectivity index (χ3n) is 5.51. The van der Waals surface area contributed by atoms with Crippen molar-refractivity contribution in [2.24, 2.45) is 5.41 Å². The van der Waals surface area contributed by atoms with Crippen LogP contribution in [0.4, 0.5) is 11.4 Å². The van der Waals surface area contributed by atoms with Crippen LogP contribution in [0.15, 0.2) is 24.3 Å². The molecule has 2 unspecified atom stereocenters. The Balaban J connectivity index is 0.000000428. The van der Waals surface area contributed by atoms with Gasteiger partial charge in [-0.15, -0.1) is 0 Å². The van der Waals surface area contributed by atoms with Crippen LogP contribution in [0.25, 0.3) is 0 Å². The number of aliphatic hydroxyl groups is 2. The van der Waals surface area contributed by atoms with Gasteiger partial charge in [0, 0.05) is 33.6 Å². The summed E-state index contributed by atoms with van der Waals surface area (Å²) in [5.41, 5.74) is 1.79. The normalized spacial score (nSPS) is 13.3. The van der Waals surface area contributed by atoms with Crippen LogP contribution in [-0.2, 0) is 0 Å². The Morgan fingerprint density at radius 1 is 0.714 bits per heavy atom. The van der Waals surface area contributed by atoms with Crippen molar-refractivity contribution in [2.45, 2.75) is 98.9 Å². The van der Waals surface area contributed by atoms with E-state index in [-0.39, 0.29) is 38.0 Å². The van der Waals surface area contributed by atoms with E-state index in [9.17, 15) is 20.4 Å². The molecule has 236 valence electrons. The van der Waals surface area contributed by atoms with Crippen molar-refractivity contribution in [2.75, 3.05) is 10.6 Å². The first-order valence-corrected chi connectivity index (χ1v) is 15.1. The Kier molecular flexibility index (Phi) is 13.6. The molecule has 8 nitrogen and oxygen atoms in total. The SMILES string of the molecule is CC(O)c1cc(NC(=S)NC(C)(C)C)cc(Cl)c1O.CC(O)c1cc(NC(=S)NC(C)(C)CC(C)(C)C)cc(Cl)c1O. The number of benzene rings is 2. The smallest absolute Gasteiger partial charge is 0.171 e. The van der Waals surface area contributed by atoms with Gasteiger partial charge in [-0.25, -0.2) is 0 Å². The highest BCUT2D eigenvalue weighted by atomic mass is 35.5. The van der Waals surface area contributed by atoms with Crippen molar-refractivity contribution in [3.05, 3.63) is 45.4 Å². The molecule has 2 aromatic carbocycles. The monoisotopic (exact) mass is 660 g/mol. The number of aliphatic hydroxyl groups excluding tert-OH is 2. The third kappa shape index (κ3) is 13.5. The van der Waals surface area contributed by atoms with Crippen molar-refractivity contribution in [1.82, 2.24) is 10.6 Å². The second-order valence-electron chi connectivity index (χ2n) is 13.2. The second-order valence-corrected chi connectivity index (χ2v) is 14.8. The topological polar surface area (TPSA) is 129 Å². The number of hydrogen-bond acceptors (Lipinski definition) is 6. The van der Waals surface area contributed by atoms with Gasteiger partial charge in [-0.2, -0.15) is 0 Å². The highest BCUT2D eigenvalue weighted by Gasteiger charge is 2.26. The first-order chi connectivity index (χ1) is 18.9. The number of anilines is 2. The summed E-state index contributed by atoms with van der Waals surface area (Å²) in [4.78, 5) is 0. The molecule has 0 bridgehead atoms. The molecule has 8 N–H and O–H groups in total. The molecule has 0 amide bonds. The van der Waals surface area contributed by atoms with Crippen LogP contribution in [0.5, 0.6) is 11.5 Å². The molecular formula is C30H46Cl2N4O4S2. The van der Waals surface area contributed by atoms with Crippen LogP contribution in [-0.4, -0.2) is 41.7 Å². The molecule has 0 aliphatic carbocycles. The lowest BCUT2D eigenvalue weighted by Gasteiger charge is -2.34. The zero-order chi connectivity index (χ0) is 32.8. The number of phenolic OH excluding ortho intramolecular Hbond substituents is 2. The summed E-state index contributed by atoms with van der Waals surface area (Å²) in [6.45, 7) is 19.8. The van der Waals surface area contributed by atoms with Crippen LogP contribution in [0.1, 0.15) is 99.0 Å². The minimum atomic E-state index is -0.826. The van der Waals surface area contributed by atoms with Gasteiger partial charge in [-0.1, -0.05) is 44.0 Å². The molecule has 0 fully saturated rings. The fourth-order valence-electron chi connectivity index (χ4n) is 4.36. The van der Waals surface area contributed by atoms with Crippen molar-refractivity contribution in [3.63, 3.8) is 0 Å². The molecule has 0 saturated carbocycles. The number of halogens is 2. The van der Waals surface area contributed by atoms with Gasteiger partial charge >= 0.3 is 0 Å². The number of aromatic hydroxyl groups is 2. The summed E-state index contributed by atoms with van der Waals surface area (Å²) in [5, 5.41) is 52.6. The van der Waals surface area contributed by atoms with Gasteiger partial charge < -0.3 is 41.7 Å². The van der Waals surface area contributed by atoms with E-state index >= 15 is 0 Å². The van der Waals surface area contributed by atoms with Crippen LogP contribution in [0, 0.1) is 5.41 Å². The van der Waals surface area contributed by atoms with Gasteiger partial charge in [0.05, 0.1) is 22.3 Å². The van der Waals surface area contributed by atoms with E-state index in [2.05, 4.69) is 55.9 Å². The summed E-state index contributed by atoms with van der Waals surface area (Å²) < 4.78 is 0. The van der Waals surface area contributed by atoms with E-state index in [1.54, 1.807) is 38.1 Å². The van der Waals surface area contributed by atoms with E-state index < -0.39 is 12.2 Å². The van der Waals surface area contributed by atoms with E-state index in [0.29, 0.717) is 32.7 Å². The number of nitrogens with one attached hydrogen (secondary N) is 4. The summed E-state index contributed by atoms with van der Waals surface area (Å²) >= 11 is 22.5. The molecule has 2 aromatic rings. The van der Waals surface area contributed by atoms with E-state index in [4.69, 9.17) is 47.6 Å². The average Bonchev–Trinajstić information content (AvgIpc) is 2.74. The lowest BCUT2D eigenvalue weighted by atomic mass is 9.82. The zero-order valence-corrected chi connectivity index (χ0v) is 29.2. The van der Waals surface area contributed by atoms with Crippen LogP contribution >= 0.6 is 47.6 Å². The third-order valence-corrected chi connectivity index (χ3v) is 6.50. The minimum absolute atomic E-state index is 0.112. The molecule has 0 aliphatic rings. The van der Waals surface area contributed by atoms with Gasteiger partial charge in [-0.05, 0) is 109 Å². The zero-order valence-electron chi connectivity index (χ0n) is 26.0. The van der Waals surface area contributed by atoms with E-state index in [1.165, 1.54) is 0 Å².